The number of hydrogen-bond acceptors (Lipinski definition) is 5. The fraction of sp³-hybridized carbons (Fsp3) is 0.160. The van der Waals surface area contributed by atoms with E-state index in [4.69, 9.17) is 16.3 Å². The molecule has 0 aliphatic heterocycles. The van der Waals surface area contributed by atoms with E-state index in [0.29, 0.717) is 28.2 Å². The number of carbonyl (C=O) groups excluding carboxylic acids is 1. The number of nitrogens with zero attached hydrogens (tertiary/aromatic N) is 3. The summed E-state index contributed by atoms with van der Waals surface area (Å²) in [6, 6.07) is 24.9. The van der Waals surface area contributed by atoms with E-state index in [9.17, 15) is 4.79 Å². The maximum atomic E-state index is 13.4. The fourth-order valence-corrected chi connectivity index (χ4v) is 4.69. The molecule has 0 spiro atoms. The zero-order chi connectivity index (χ0) is 23.2. The number of methoxy groups -OCH3 is 1. The van der Waals surface area contributed by atoms with Gasteiger partial charge in [0.15, 0.2) is 5.16 Å². The lowest BCUT2D eigenvalue weighted by Crippen LogP contribution is -2.19. The zero-order valence-corrected chi connectivity index (χ0v) is 19.8. The molecule has 4 rings (SSSR count). The van der Waals surface area contributed by atoms with E-state index in [1.807, 2.05) is 60.0 Å². The molecule has 0 radical (unpaired) electrons. The van der Waals surface area contributed by atoms with Gasteiger partial charge in [0.05, 0.1) is 18.7 Å². The summed E-state index contributed by atoms with van der Waals surface area (Å²) in [4.78, 5) is 13.4. The molecule has 4 aromatic rings. The smallest absolute Gasteiger partial charge is 0.242 e. The van der Waals surface area contributed by atoms with E-state index in [-0.39, 0.29) is 5.91 Å². The van der Waals surface area contributed by atoms with Gasteiger partial charge in [0.1, 0.15) is 16.8 Å². The van der Waals surface area contributed by atoms with Crippen molar-refractivity contribution in [1.29, 1.82) is 0 Å². The SMILES string of the molecule is COc1ccc(NC(=O)[C@H](Sc2nnc(C)n2Cc2ccccc2)c2ccccc2)cc1Cl. The van der Waals surface area contributed by atoms with Crippen LogP contribution in [-0.4, -0.2) is 27.8 Å². The van der Waals surface area contributed by atoms with Crippen LogP contribution in [0.2, 0.25) is 5.02 Å². The second kappa shape index (κ2) is 10.6. The second-order valence-corrected chi connectivity index (χ2v) is 8.83. The number of carbonyl (C=O) groups is 1. The van der Waals surface area contributed by atoms with E-state index in [1.165, 1.54) is 11.8 Å². The van der Waals surface area contributed by atoms with Crippen molar-refractivity contribution in [2.75, 3.05) is 12.4 Å². The third-order valence-electron chi connectivity index (χ3n) is 5.07. The summed E-state index contributed by atoms with van der Waals surface area (Å²) in [6.45, 7) is 2.54. The number of benzene rings is 3. The average Bonchev–Trinajstić information content (AvgIpc) is 3.17. The molecule has 1 amide bonds. The highest BCUT2D eigenvalue weighted by molar-refractivity contribution is 8.00. The van der Waals surface area contributed by atoms with E-state index in [1.54, 1.807) is 25.3 Å². The van der Waals surface area contributed by atoms with Crippen LogP contribution in [0, 0.1) is 6.92 Å². The number of rotatable bonds is 8. The lowest BCUT2D eigenvalue weighted by Gasteiger charge is -2.18. The maximum absolute atomic E-state index is 13.4. The Kier molecular flexibility index (Phi) is 7.32. The molecule has 0 saturated carbocycles. The first-order chi connectivity index (χ1) is 16.0. The van der Waals surface area contributed by atoms with Gasteiger partial charge in [0.2, 0.25) is 5.91 Å². The van der Waals surface area contributed by atoms with Crippen LogP contribution in [0.4, 0.5) is 5.69 Å². The van der Waals surface area contributed by atoms with Crippen LogP contribution < -0.4 is 10.1 Å². The summed E-state index contributed by atoms with van der Waals surface area (Å²) in [6.07, 6.45) is 0. The second-order valence-electron chi connectivity index (χ2n) is 7.35. The van der Waals surface area contributed by atoms with Crippen molar-refractivity contribution in [1.82, 2.24) is 14.8 Å². The highest BCUT2D eigenvalue weighted by Crippen LogP contribution is 2.36. The third kappa shape index (κ3) is 5.56. The molecule has 1 heterocycles. The number of aryl methyl sites for hydroxylation is 1. The van der Waals surface area contributed by atoms with Gasteiger partial charge in [0.25, 0.3) is 0 Å². The van der Waals surface area contributed by atoms with Gasteiger partial charge in [-0.15, -0.1) is 10.2 Å². The molecular weight excluding hydrogens is 456 g/mol. The molecule has 1 N–H and O–H groups in total. The van der Waals surface area contributed by atoms with Crippen LogP contribution in [0.15, 0.2) is 84.0 Å². The molecule has 3 aromatic carbocycles. The molecule has 6 nitrogen and oxygen atoms in total. The molecule has 1 aromatic heterocycles. The van der Waals surface area contributed by atoms with Gasteiger partial charge in [-0.2, -0.15) is 0 Å². The predicted molar refractivity (Wildman–Crippen MR) is 132 cm³/mol. The largest absolute Gasteiger partial charge is 0.495 e. The fourth-order valence-electron chi connectivity index (χ4n) is 3.35. The number of amides is 1. The Morgan fingerprint density at radius 2 is 1.76 bits per heavy atom. The lowest BCUT2D eigenvalue weighted by molar-refractivity contribution is -0.115. The minimum atomic E-state index is -0.537. The number of hydrogen-bond donors (Lipinski definition) is 1. The Morgan fingerprint density at radius 3 is 2.42 bits per heavy atom. The maximum Gasteiger partial charge on any atom is 0.242 e. The van der Waals surface area contributed by atoms with Gasteiger partial charge < -0.3 is 14.6 Å². The number of aromatic nitrogens is 3. The number of ether oxygens (including phenoxy) is 1. The molecule has 8 heteroatoms. The van der Waals surface area contributed by atoms with Crippen molar-refractivity contribution in [3.05, 3.63) is 101 Å². The summed E-state index contributed by atoms with van der Waals surface area (Å²) in [5.41, 5.74) is 2.59. The molecule has 168 valence electrons. The molecule has 0 unspecified atom stereocenters. The van der Waals surface area contributed by atoms with Crippen LogP contribution in [0.25, 0.3) is 0 Å². The van der Waals surface area contributed by atoms with Crippen LogP contribution in [0.5, 0.6) is 5.75 Å². The third-order valence-corrected chi connectivity index (χ3v) is 6.60. The molecule has 1 atom stereocenters. The standard InChI is InChI=1S/C25H23ClN4O2S/c1-17-28-29-25(30(17)16-18-9-5-3-6-10-18)33-23(19-11-7-4-8-12-19)24(31)27-20-13-14-22(32-2)21(26)15-20/h3-15,23H,16H2,1-2H3,(H,27,31)/t23-/m1/s1. The Bertz CT molecular complexity index is 1230. The quantitative estimate of drug-likeness (QED) is 0.325. The molecule has 0 saturated heterocycles. The number of halogens is 1. The molecule has 0 aliphatic rings. The normalized spacial score (nSPS) is 11.7. The van der Waals surface area contributed by atoms with Crippen LogP contribution in [-0.2, 0) is 11.3 Å². The molecule has 33 heavy (non-hydrogen) atoms. The summed E-state index contributed by atoms with van der Waals surface area (Å²) >= 11 is 7.60. The van der Waals surface area contributed by atoms with Gasteiger partial charge in [-0.25, -0.2) is 0 Å². The molecule has 0 fully saturated rings. The van der Waals surface area contributed by atoms with Crippen molar-refractivity contribution in [3.8, 4) is 5.75 Å². The number of thioether (sulfide) groups is 1. The lowest BCUT2D eigenvalue weighted by atomic mass is 10.1. The highest BCUT2D eigenvalue weighted by atomic mass is 35.5. The minimum Gasteiger partial charge on any atom is -0.495 e. The van der Waals surface area contributed by atoms with Crippen molar-refractivity contribution < 1.29 is 9.53 Å². The van der Waals surface area contributed by atoms with E-state index >= 15 is 0 Å². The molecule has 0 bridgehead atoms. The highest BCUT2D eigenvalue weighted by Gasteiger charge is 2.25. The summed E-state index contributed by atoms with van der Waals surface area (Å²) in [5.74, 6) is 1.16. The first-order valence-corrected chi connectivity index (χ1v) is 11.6. The van der Waals surface area contributed by atoms with Crippen molar-refractivity contribution in [3.63, 3.8) is 0 Å². The van der Waals surface area contributed by atoms with E-state index in [0.717, 1.165) is 17.0 Å². The van der Waals surface area contributed by atoms with Gasteiger partial charge in [-0.3, -0.25) is 4.79 Å². The monoisotopic (exact) mass is 478 g/mol. The summed E-state index contributed by atoms with van der Waals surface area (Å²) < 4.78 is 7.22. The van der Waals surface area contributed by atoms with Crippen molar-refractivity contribution in [2.45, 2.75) is 23.9 Å². The van der Waals surface area contributed by atoms with Gasteiger partial charge in [-0.1, -0.05) is 84.0 Å². The molecular formula is C25H23ClN4O2S. The van der Waals surface area contributed by atoms with Gasteiger partial charge in [0, 0.05) is 5.69 Å². The summed E-state index contributed by atoms with van der Waals surface area (Å²) in [7, 11) is 1.55. The average molecular weight is 479 g/mol. The first kappa shape index (κ1) is 22.9. The van der Waals surface area contributed by atoms with E-state index in [2.05, 4.69) is 27.6 Å². The number of nitrogens with one attached hydrogen (secondary N) is 1. The Hall–Kier alpha value is -3.29. The minimum absolute atomic E-state index is 0.181. The van der Waals surface area contributed by atoms with Gasteiger partial charge in [-0.05, 0) is 36.2 Å². The Balaban J connectivity index is 1.61. The van der Waals surface area contributed by atoms with Crippen LogP contribution in [0.3, 0.4) is 0 Å². The first-order valence-electron chi connectivity index (χ1n) is 10.3. The molecule has 0 aliphatic carbocycles. The predicted octanol–water partition coefficient (Wildman–Crippen LogP) is 5.77. The summed E-state index contributed by atoms with van der Waals surface area (Å²) in [5, 5.41) is 12.2. The number of anilines is 1. The van der Waals surface area contributed by atoms with Crippen LogP contribution in [0.1, 0.15) is 22.2 Å². The Morgan fingerprint density at radius 1 is 1.06 bits per heavy atom. The Labute approximate surface area is 202 Å². The topological polar surface area (TPSA) is 69.0 Å². The van der Waals surface area contributed by atoms with E-state index < -0.39 is 5.25 Å². The zero-order valence-electron chi connectivity index (χ0n) is 18.2. The van der Waals surface area contributed by atoms with Crippen molar-refractivity contribution in [2.24, 2.45) is 0 Å². The van der Waals surface area contributed by atoms with Crippen LogP contribution >= 0.6 is 23.4 Å². The van der Waals surface area contributed by atoms with Gasteiger partial charge >= 0.3 is 0 Å². The van der Waals surface area contributed by atoms with Crippen molar-refractivity contribution >= 4 is 35.0 Å².